The second kappa shape index (κ2) is 5.85. The summed E-state index contributed by atoms with van der Waals surface area (Å²) in [5.74, 6) is 0.0503. The smallest absolute Gasteiger partial charge is 0.224 e. The highest BCUT2D eigenvalue weighted by atomic mass is 16.2. The van der Waals surface area contributed by atoms with Gasteiger partial charge in [0.05, 0.1) is 6.54 Å². The fourth-order valence-corrected chi connectivity index (χ4v) is 1.54. The quantitative estimate of drug-likeness (QED) is 0.748. The minimum absolute atomic E-state index is 0.0503. The van der Waals surface area contributed by atoms with Gasteiger partial charge < -0.3 is 4.90 Å². The molecule has 0 saturated heterocycles. The first-order valence-electron chi connectivity index (χ1n) is 5.59. The minimum atomic E-state index is 0.0503. The molecule has 0 aliphatic carbocycles. The van der Waals surface area contributed by atoms with Gasteiger partial charge in [-0.2, -0.15) is 0 Å². The van der Waals surface area contributed by atoms with Crippen molar-refractivity contribution < 1.29 is 4.79 Å². The molecule has 2 aromatic heterocycles. The summed E-state index contributed by atoms with van der Waals surface area (Å²) in [6.07, 6.45) is 5.34. The second-order valence-corrected chi connectivity index (χ2v) is 3.93. The molecule has 0 fully saturated rings. The number of hydrogen-bond acceptors (Lipinski definition) is 5. The van der Waals surface area contributed by atoms with Gasteiger partial charge >= 0.3 is 0 Å². The number of pyridine rings is 1. The molecule has 2 aromatic rings. The van der Waals surface area contributed by atoms with E-state index in [-0.39, 0.29) is 5.91 Å². The monoisotopic (exact) mass is 246 g/mol. The van der Waals surface area contributed by atoms with Crippen molar-refractivity contribution in [1.29, 1.82) is 0 Å². The molecule has 2 heterocycles. The van der Waals surface area contributed by atoms with Gasteiger partial charge in [0, 0.05) is 32.4 Å². The van der Waals surface area contributed by atoms with E-state index in [0.29, 0.717) is 19.5 Å². The van der Waals surface area contributed by atoms with Gasteiger partial charge in [-0.25, -0.2) is 4.68 Å². The molecule has 7 nitrogen and oxygen atoms in total. The van der Waals surface area contributed by atoms with Gasteiger partial charge in [0.15, 0.2) is 0 Å². The molecular weight excluding hydrogens is 232 g/mol. The number of hydrogen-bond donors (Lipinski definition) is 0. The number of nitrogens with zero attached hydrogens (tertiary/aromatic N) is 6. The van der Waals surface area contributed by atoms with Crippen LogP contribution in [0, 0.1) is 0 Å². The van der Waals surface area contributed by atoms with Crippen LogP contribution in [0.4, 0.5) is 0 Å². The maximum atomic E-state index is 11.9. The third-order valence-corrected chi connectivity index (χ3v) is 2.51. The molecule has 18 heavy (non-hydrogen) atoms. The van der Waals surface area contributed by atoms with Crippen molar-refractivity contribution in [3.05, 3.63) is 36.4 Å². The molecule has 0 N–H and O–H groups in total. The molecule has 1 amide bonds. The zero-order valence-corrected chi connectivity index (χ0v) is 10.1. The second-order valence-electron chi connectivity index (χ2n) is 3.93. The van der Waals surface area contributed by atoms with Crippen molar-refractivity contribution in [2.45, 2.75) is 19.5 Å². The summed E-state index contributed by atoms with van der Waals surface area (Å²) < 4.78 is 1.54. The van der Waals surface area contributed by atoms with Crippen LogP contribution in [-0.4, -0.2) is 43.0 Å². The Bertz CT molecular complexity index is 483. The number of tetrazole rings is 1. The SMILES string of the molecule is CN(Cc1cccnc1)C(=O)CCn1cnnn1. The Balaban J connectivity index is 1.82. The number of rotatable bonds is 5. The summed E-state index contributed by atoms with van der Waals surface area (Å²) in [5, 5.41) is 10.7. The van der Waals surface area contributed by atoms with E-state index >= 15 is 0 Å². The van der Waals surface area contributed by atoms with Crippen molar-refractivity contribution in [2.75, 3.05) is 7.05 Å². The summed E-state index contributed by atoms with van der Waals surface area (Å²) >= 11 is 0. The summed E-state index contributed by atoms with van der Waals surface area (Å²) in [7, 11) is 1.77. The number of amides is 1. The van der Waals surface area contributed by atoms with Crippen molar-refractivity contribution >= 4 is 5.91 Å². The summed E-state index contributed by atoms with van der Waals surface area (Å²) in [4.78, 5) is 17.5. The van der Waals surface area contributed by atoms with Gasteiger partial charge in [0.2, 0.25) is 5.91 Å². The minimum Gasteiger partial charge on any atom is -0.341 e. The molecule has 2 rings (SSSR count). The number of carbonyl (C=O) groups is 1. The van der Waals surface area contributed by atoms with Crippen LogP contribution in [0.1, 0.15) is 12.0 Å². The van der Waals surface area contributed by atoms with Gasteiger partial charge in [0.1, 0.15) is 6.33 Å². The largest absolute Gasteiger partial charge is 0.341 e. The third kappa shape index (κ3) is 3.34. The van der Waals surface area contributed by atoms with Crippen molar-refractivity contribution in [3.63, 3.8) is 0 Å². The first kappa shape index (κ1) is 12.2. The Kier molecular flexibility index (Phi) is 3.95. The lowest BCUT2D eigenvalue weighted by Crippen LogP contribution is -2.27. The standard InChI is InChI=1S/C11H14N6O/c1-16(8-10-3-2-5-12-7-10)11(18)4-6-17-9-13-14-15-17/h2-3,5,7,9H,4,6,8H2,1H3. The van der Waals surface area contributed by atoms with Gasteiger partial charge in [-0.15, -0.1) is 5.10 Å². The van der Waals surface area contributed by atoms with E-state index in [1.165, 1.54) is 11.0 Å². The summed E-state index contributed by atoms with van der Waals surface area (Å²) in [6, 6.07) is 3.80. The molecule has 0 bridgehead atoms. The van der Waals surface area contributed by atoms with Crippen LogP contribution in [0.25, 0.3) is 0 Å². The Morgan fingerprint density at radius 3 is 3.06 bits per heavy atom. The molecule has 0 aliphatic rings. The van der Waals surface area contributed by atoms with Crippen LogP contribution >= 0.6 is 0 Å². The van der Waals surface area contributed by atoms with E-state index in [9.17, 15) is 4.79 Å². The Hall–Kier alpha value is -2.31. The third-order valence-electron chi connectivity index (χ3n) is 2.51. The lowest BCUT2D eigenvalue weighted by atomic mass is 10.2. The molecule has 0 aliphatic heterocycles. The lowest BCUT2D eigenvalue weighted by Gasteiger charge is -2.16. The fourth-order valence-electron chi connectivity index (χ4n) is 1.54. The Morgan fingerprint density at radius 1 is 1.50 bits per heavy atom. The molecule has 0 unspecified atom stereocenters. The van der Waals surface area contributed by atoms with E-state index in [4.69, 9.17) is 0 Å². The van der Waals surface area contributed by atoms with Crippen LogP contribution in [0.2, 0.25) is 0 Å². The average Bonchev–Trinajstić information content (AvgIpc) is 2.90. The molecule has 0 radical (unpaired) electrons. The molecule has 7 heteroatoms. The van der Waals surface area contributed by atoms with Crippen LogP contribution in [0.15, 0.2) is 30.9 Å². The van der Waals surface area contributed by atoms with Crippen LogP contribution in [0.5, 0.6) is 0 Å². The lowest BCUT2D eigenvalue weighted by molar-refractivity contribution is -0.130. The normalized spacial score (nSPS) is 10.3. The van der Waals surface area contributed by atoms with Crippen molar-refractivity contribution in [1.82, 2.24) is 30.1 Å². The van der Waals surface area contributed by atoms with Gasteiger partial charge in [-0.1, -0.05) is 6.07 Å². The highest BCUT2D eigenvalue weighted by molar-refractivity contribution is 5.75. The molecule has 0 atom stereocenters. The zero-order valence-electron chi connectivity index (χ0n) is 10.1. The maximum absolute atomic E-state index is 11.9. The Labute approximate surface area is 104 Å². The number of aromatic nitrogens is 5. The summed E-state index contributed by atoms with van der Waals surface area (Å²) in [5.41, 5.74) is 1.01. The molecule has 0 aromatic carbocycles. The molecule has 0 saturated carbocycles. The average molecular weight is 246 g/mol. The topological polar surface area (TPSA) is 76.8 Å². The maximum Gasteiger partial charge on any atom is 0.224 e. The van der Waals surface area contributed by atoms with E-state index in [0.717, 1.165) is 5.56 Å². The highest BCUT2D eigenvalue weighted by Crippen LogP contribution is 2.02. The van der Waals surface area contributed by atoms with E-state index in [2.05, 4.69) is 20.5 Å². The van der Waals surface area contributed by atoms with Crippen molar-refractivity contribution in [2.24, 2.45) is 0 Å². The first-order valence-corrected chi connectivity index (χ1v) is 5.59. The van der Waals surface area contributed by atoms with Gasteiger partial charge in [-0.3, -0.25) is 9.78 Å². The first-order chi connectivity index (χ1) is 8.75. The van der Waals surface area contributed by atoms with Crippen molar-refractivity contribution in [3.8, 4) is 0 Å². The fraction of sp³-hybridized carbons (Fsp3) is 0.364. The molecular formula is C11H14N6O. The van der Waals surface area contributed by atoms with Gasteiger partial charge in [0.25, 0.3) is 0 Å². The molecule has 94 valence electrons. The zero-order chi connectivity index (χ0) is 12.8. The van der Waals surface area contributed by atoms with Crippen LogP contribution < -0.4 is 0 Å². The van der Waals surface area contributed by atoms with E-state index in [1.807, 2.05) is 12.1 Å². The van der Waals surface area contributed by atoms with E-state index in [1.54, 1.807) is 24.3 Å². The predicted octanol–water partition coefficient (Wildman–Crippen LogP) is 0.117. The number of aryl methyl sites for hydroxylation is 1. The van der Waals surface area contributed by atoms with Crippen LogP contribution in [0.3, 0.4) is 0 Å². The number of carbonyl (C=O) groups excluding carboxylic acids is 1. The van der Waals surface area contributed by atoms with Gasteiger partial charge in [-0.05, 0) is 22.1 Å². The molecule has 0 spiro atoms. The van der Waals surface area contributed by atoms with Crippen LogP contribution in [-0.2, 0) is 17.9 Å². The summed E-state index contributed by atoms with van der Waals surface area (Å²) in [6.45, 7) is 1.05. The highest BCUT2D eigenvalue weighted by Gasteiger charge is 2.09. The Morgan fingerprint density at radius 2 is 2.39 bits per heavy atom. The van der Waals surface area contributed by atoms with E-state index < -0.39 is 0 Å². The predicted molar refractivity (Wildman–Crippen MR) is 63.1 cm³/mol.